The second kappa shape index (κ2) is 6.40. The van der Waals surface area contributed by atoms with E-state index in [1.807, 2.05) is 0 Å². The summed E-state index contributed by atoms with van der Waals surface area (Å²) in [4.78, 5) is 10.9. The van der Waals surface area contributed by atoms with Gasteiger partial charge in [-0.1, -0.05) is 42.5 Å². The Hall–Kier alpha value is -2.55. The van der Waals surface area contributed by atoms with Crippen LogP contribution in [0.1, 0.15) is 36.2 Å². The minimum absolute atomic E-state index is 0.292. The molecule has 0 spiro atoms. The van der Waals surface area contributed by atoms with E-state index in [0.29, 0.717) is 5.92 Å². The van der Waals surface area contributed by atoms with E-state index in [2.05, 4.69) is 72.9 Å². The Morgan fingerprint density at radius 1 is 1.24 bits per heavy atom. The summed E-state index contributed by atoms with van der Waals surface area (Å²) in [5.41, 5.74) is 7.49. The van der Waals surface area contributed by atoms with E-state index in [1.165, 1.54) is 28.8 Å². The maximum Gasteiger partial charge on any atom is 0.108 e. The molecule has 3 nitrogen and oxygen atoms in total. The molecule has 128 valence electrons. The van der Waals surface area contributed by atoms with Crippen LogP contribution in [0.2, 0.25) is 0 Å². The van der Waals surface area contributed by atoms with Gasteiger partial charge in [0, 0.05) is 37.2 Å². The first-order valence-electron chi connectivity index (χ1n) is 9.05. The summed E-state index contributed by atoms with van der Waals surface area (Å²) in [6.45, 7) is 7.45. The average molecular weight is 331 g/mol. The molecule has 1 aliphatic rings. The first-order valence-corrected chi connectivity index (χ1v) is 9.05. The molecule has 0 amide bonds. The van der Waals surface area contributed by atoms with Gasteiger partial charge >= 0.3 is 0 Å². The highest BCUT2D eigenvalue weighted by Crippen LogP contribution is 2.33. The van der Waals surface area contributed by atoms with Crippen LogP contribution in [0.5, 0.6) is 0 Å². The molecule has 2 heterocycles. The number of anilines is 1. The van der Waals surface area contributed by atoms with Crippen LogP contribution in [-0.4, -0.2) is 23.6 Å². The Morgan fingerprint density at radius 2 is 2.04 bits per heavy atom. The van der Waals surface area contributed by atoms with E-state index in [4.69, 9.17) is 4.98 Å². The van der Waals surface area contributed by atoms with Gasteiger partial charge in [-0.2, -0.15) is 0 Å². The highest BCUT2D eigenvalue weighted by molar-refractivity contribution is 5.85. The summed E-state index contributed by atoms with van der Waals surface area (Å²) in [7, 11) is 2.17. The first kappa shape index (κ1) is 15.9. The molecule has 1 unspecified atom stereocenters. The number of H-pyrrole nitrogens is 1. The number of aryl methyl sites for hydroxylation is 1. The minimum atomic E-state index is 0.292. The van der Waals surface area contributed by atoms with Crippen molar-refractivity contribution in [3.8, 4) is 0 Å². The minimum Gasteiger partial charge on any atom is -0.374 e. The quantitative estimate of drug-likeness (QED) is 0.693. The zero-order valence-corrected chi connectivity index (χ0v) is 15.0. The van der Waals surface area contributed by atoms with Gasteiger partial charge in [-0.3, -0.25) is 0 Å². The van der Waals surface area contributed by atoms with E-state index >= 15 is 0 Å². The van der Waals surface area contributed by atoms with Crippen LogP contribution >= 0.6 is 0 Å². The second-order valence-corrected chi connectivity index (χ2v) is 7.18. The van der Waals surface area contributed by atoms with Crippen LogP contribution in [0.15, 0.2) is 54.6 Å². The van der Waals surface area contributed by atoms with Gasteiger partial charge in [0.25, 0.3) is 0 Å². The third-order valence-corrected chi connectivity index (χ3v) is 5.31. The number of hydrogen-bond acceptors (Lipinski definition) is 2. The van der Waals surface area contributed by atoms with E-state index in [1.54, 1.807) is 0 Å². The highest BCUT2D eigenvalue weighted by Gasteiger charge is 2.20. The first-order chi connectivity index (χ1) is 12.1. The molecule has 0 fully saturated rings. The van der Waals surface area contributed by atoms with Gasteiger partial charge < -0.3 is 9.88 Å². The van der Waals surface area contributed by atoms with E-state index in [-0.39, 0.29) is 0 Å². The molecule has 0 radical (unpaired) electrons. The molecule has 0 saturated carbocycles. The van der Waals surface area contributed by atoms with Crippen LogP contribution in [-0.2, 0) is 12.8 Å². The number of nitrogens with zero attached hydrogens (tertiary/aromatic N) is 2. The van der Waals surface area contributed by atoms with Crippen molar-refractivity contribution < 1.29 is 0 Å². The number of benzene rings is 2. The van der Waals surface area contributed by atoms with Gasteiger partial charge in [-0.25, -0.2) is 4.98 Å². The molecule has 0 saturated heterocycles. The normalized spacial score (nSPS) is 15.2. The molecule has 1 aliphatic heterocycles. The average Bonchev–Trinajstić information content (AvgIpc) is 3.04. The van der Waals surface area contributed by atoms with Crippen molar-refractivity contribution in [1.82, 2.24) is 9.97 Å². The van der Waals surface area contributed by atoms with E-state index < -0.39 is 0 Å². The summed E-state index contributed by atoms with van der Waals surface area (Å²) in [5, 5.41) is 0. The lowest BCUT2D eigenvalue weighted by atomic mass is 9.90. The molecule has 1 aromatic heterocycles. The Kier molecular flexibility index (Phi) is 4.08. The van der Waals surface area contributed by atoms with Gasteiger partial charge in [0.2, 0.25) is 0 Å². The summed E-state index contributed by atoms with van der Waals surface area (Å²) in [6, 6.07) is 15.0. The number of aromatic amines is 1. The smallest absolute Gasteiger partial charge is 0.108 e. The Bertz CT molecular complexity index is 908. The van der Waals surface area contributed by atoms with Crippen molar-refractivity contribution in [2.45, 2.75) is 32.1 Å². The zero-order chi connectivity index (χ0) is 17.4. The van der Waals surface area contributed by atoms with Crippen LogP contribution in [0.25, 0.3) is 11.0 Å². The van der Waals surface area contributed by atoms with Crippen molar-refractivity contribution in [3.63, 3.8) is 0 Å². The lowest BCUT2D eigenvalue weighted by molar-refractivity contribution is 0.745. The summed E-state index contributed by atoms with van der Waals surface area (Å²) in [5.74, 6) is 1.34. The number of rotatable bonds is 4. The Labute approximate surface area is 149 Å². The maximum absolute atomic E-state index is 4.98. The number of allylic oxidation sites excluding steroid dienone is 1. The maximum atomic E-state index is 4.98. The van der Waals surface area contributed by atoms with Gasteiger partial charge in [0.15, 0.2) is 0 Å². The number of hydrogen-bond donors (Lipinski definition) is 1. The summed E-state index contributed by atoms with van der Waals surface area (Å²) >= 11 is 0. The number of nitrogens with one attached hydrogen (secondary N) is 1. The fourth-order valence-corrected chi connectivity index (χ4v) is 3.94. The SMILES string of the molecule is C=C(C)C(Cc1nc2c3c(ccc2[nH]1)N(C)CCC3)c1ccccc1. The number of imidazole rings is 1. The molecule has 0 aliphatic carbocycles. The number of aromatic nitrogens is 2. The third-order valence-electron chi connectivity index (χ3n) is 5.31. The monoisotopic (exact) mass is 331 g/mol. The molecular weight excluding hydrogens is 306 g/mol. The highest BCUT2D eigenvalue weighted by atomic mass is 15.1. The zero-order valence-electron chi connectivity index (χ0n) is 15.0. The molecule has 4 rings (SSSR count). The molecular formula is C22H25N3. The predicted molar refractivity (Wildman–Crippen MR) is 105 cm³/mol. The third kappa shape index (κ3) is 2.95. The van der Waals surface area contributed by atoms with Crippen molar-refractivity contribution >= 4 is 16.7 Å². The molecule has 1 N–H and O–H groups in total. The summed E-state index contributed by atoms with van der Waals surface area (Å²) < 4.78 is 0. The fourth-order valence-electron chi connectivity index (χ4n) is 3.94. The molecule has 25 heavy (non-hydrogen) atoms. The van der Waals surface area contributed by atoms with E-state index in [0.717, 1.165) is 36.2 Å². The topological polar surface area (TPSA) is 31.9 Å². The van der Waals surface area contributed by atoms with Crippen molar-refractivity contribution in [1.29, 1.82) is 0 Å². The van der Waals surface area contributed by atoms with Crippen molar-refractivity contribution in [2.75, 3.05) is 18.5 Å². The molecule has 3 aromatic rings. The van der Waals surface area contributed by atoms with Crippen molar-refractivity contribution in [3.05, 3.63) is 71.6 Å². The lowest BCUT2D eigenvalue weighted by Gasteiger charge is -2.27. The van der Waals surface area contributed by atoms with Gasteiger partial charge in [-0.05, 0) is 37.5 Å². The number of fused-ring (bicyclic) bond motifs is 3. The standard InChI is InChI=1S/C22H25N3/c1-15(2)18(16-8-5-4-6-9-16)14-21-23-19-11-12-20-17(22(19)24-21)10-7-13-25(20)3/h4-6,8-9,11-12,18H,1,7,10,13-14H2,2-3H3,(H,23,24). The predicted octanol–water partition coefficient (Wildman–Crippen LogP) is 4.85. The molecule has 1 atom stereocenters. The fraction of sp³-hybridized carbons (Fsp3) is 0.318. The second-order valence-electron chi connectivity index (χ2n) is 7.18. The van der Waals surface area contributed by atoms with Crippen molar-refractivity contribution in [2.24, 2.45) is 0 Å². The van der Waals surface area contributed by atoms with Crippen LogP contribution < -0.4 is 4.90 Å². The van der Waals surface area contributed by atoms with Gasteiger partial charge in [0.05, 0.1) is 11.0 Å². The van der Waals surface area contributed by atoms with E-state index in [9.17, 15) is 0 Å². The van der Waals surface area contributed by atoms with Crippen LogP contribution in [0, 0.1) is 0 Å². The van der Waals surface area contributed by atoms with Crippen LogP contribution in [0.3, 0.4) is 0 Å². The Morgan fingerprint density at radius 3 is 2.80 bits per heavy atom. The van der Waals surface area contributed by atoms with Gasteiger partial charge in [-0.15, -0.1) is 0 Å². The molecule has 3 heteroatoms. The summed E-state index contributed by atoms with van der Waals surface area (Å²) in [6.07, 6.45) is 3.17. The van der Waals surface area contributed by atoms with Gasteiger partial charge in [0.1, 0.15) is 5.82 Å². The molecule has 2 aromatic carbocycles. The largest absolute Gasteiger partial charge is 0.374 e. The lowest BCUT2D eigenvalue weighted by Crippen LogP contribution is -2.24. The molecule has 0 bridgehead atoms. The Balaban J connectivity index is 1.71. The van der Waals surface area contributed by atoms with Crippen LogP contribution in [0.4, 0.5) is 5.69 Å².